The van der Waals surface area contributed by atoms with Gasteiger partial charge < -0.3 is 11.1 Å². The lowest BCUT2D eigenvalue weighted by Crippen LogP contribution is -2.13. The second kappa shape index (κ2) is 5.82. The van der Waals surface area contributed by atoms with Gasteiger partial charge in [0.05, 0.1) is 5.56 Å². The molecular weight excluding hydrogens is 351 g/mol. The van der Waals surface area contributed by atoms with E-state index in [-0.39, 0.29) is 5.91 Å². The summed E-state index contributed by atoms with van der Waals surface area (Å²) in [5.41, 5.74) is 7.14. The highest BCUT2D eigenvalue weighted by atomic mass is 79.9. The fraction of sp³-hybridized carbons (Fsp3) is 0. The maximum absolute atomic E-state index is 12.1. The summed E-state index contributed by atoms with van der Waals surface area (Å²) in [7, 11) is 0. The molecular formula is C13H9BrCl2N2O. The van der Waals surface area contributed by atoms with Crippen LogP contribution in [0.5, 0.6) is 0 Å². The molecule has 6 heteroatoms. The highest BCUT2D eigenvalue weighted by Gasteiger charge is 2.11. The number of amides is 1. The average Bonchev–Trinajstić information content (AvgIpc) is 2.30. The predicted molar refractivity (Wildman–Crippen MR) is 83.0 cm³/mol. The van der Waals surface area contributed by atoms with Crippen LogP contribution < -0.4 is 11.1 Å². The van der Waals surface area contributed by atoms with E-state index >= 15 is 0 Å². The molecule has 19 heavy (non-hydrogen) atoms. The van der Waals surface area contributed by atoms with Gasteiger partial charge in [0.25, 0.3) is 5.91 Å². The number of benzene rings is 2. The van der Waals surface area contributed by atoms with Gasteiger partial charge in [-0.3, -0.25) is 4.79 Å². The van der Waals surface area contributed by atoms with Gasteiger partial charge in [0.1, 0.15) is 0 Å². The SMILES string of the molecule is Nc1ccc(Br)c(C(=O)Nc2cc(Cl)cc(Cl)c2)c1. The summed E-state index contributed by atoms with van der Waals surface area (Å²) >= 11 is 15.0. The molecule has 0 fully saturated rings. The summed E-state index contributed by atoms with van der Waals surface area (Å²) in [6.45, 7) is 0. The monoisotopic (exact) mass is 358 g/mol. The smallest absolute Gasteiger partial charge is 0.256 e. The first kappa shape index (κ1) is 14.2. The molecule has 0 atom stereocenters. The number of carbonyl (C=O) groups is 1. The van der Waals surface area contributed by atoms with E-state index in [1.807, 2.05) is 0 Å². The first-order valence-electron chi connectivity index (χ1n) is 5.28. The average molecular weight is 360 g/mol. The molecule has 1 amide bonds. The fourth-order valence-electron chi connectivity index (χ4n) is 1.54. The Kier molecular flexibility index (Phi) is 4.34. The summed E-state index contributed by atoms with van der Waals surface area (Å²) < 4.78 is 0.660. The van der Waals surface area contributed by atoms with Crippen molar-refractivity contribution < 1.29 is 4.79 Å². The lowest BCUT2D eigenvalue weighted by molar-refractivity contribution is 0.102. The van der Waals surface area contributed by atoms with Crippen molar-refractivity contribution in [2.45, 2.75) is 0 Å². The molecule has 2 rings (SSSR count). The Morgan fingerprint density at radius 2 is 1.74 bits per heavy atom. The molecule has 3 nitrogen and oxygen atoms in total. The summed E-state index contributed by atoms with van der Waals surface area (Å²) in [6.07, 6.45) is 0. The van der Waals surface area contributed by atoms with E-state index in [1.54, 1.807) is 36.4 Å². The first-order valence-corrected chi connectivity index (χ1v) is 6.83. The van der Waals surface area contributed by atoms with E-state index in [0.29, 0.717) is 31.5 Å². The van der Waals surface area contributed by atoms with Crippen LogP contribution in [0.2, 0.25) is 10.0 Å². The Hall–Kier alpha value is -1.23. The van der Waals surface area contributed by atoms with Crippen LogP contribution in [0, 0.1) is 0 Å². The molecule has 0 aromatic heterocycles. The minimum atomic E-state index is -0.294. The van der Waals surface area contributed by atoms with Gasteiger partial charge in [-0.2, -0.15) is 0 Å². The van der Waals surface area contributed by atoms with Gasteiger partial charge in [-0.15, -0.1) is 0 Å². The third kappa shape index (κ3) is 3.62. The van der Waals surface area contributed by atoms with Crippen LogP contribution >= 0.6 is 39.1 Å². The Bertz CT molecular complexity index is 626. The molecule has 0 spiro atoms. The zero-order chi connectivity index (χ0) is 14.0. The predicted octanol–water partition coefficient (Wildman–Crippen LogP) is 4.59. The minimum Gasteiger partial charge on any atom is -0.399 e. The van der Waals surface area contributed by atoms with E-state index in [1.165, 1.54) is 0 Å². The van der Waals surface area contributed by atoms with Crippen molar-refractivity contribution in [2.24, 2.45) is 0 Å². The van der Waals surface area contributed by atoms with E-state index in [9.17, 15) is 4.79 Å². The largest absolute Gasteiger partial charge is 0.399 e. The molecule has 0 aliphatic carbocycles. The number of nitrogen functional groups attached to an aromatic ring is 1. The second-order valence-corrected chi connectivity index (χ2v) is 5.58. The molecule has 0 bridgehead atoms. The Balaban J connectivity index is 2.28. The Morgan fingerprint density at radius 3 is 2.37 bits per heavy atom. The van der Waals surface area contributed by atoms with Crippen LogP contribution in [0.15, 0.2) is 40.9 Å². The number of hydrogen-bond acceptors (Lipinski definition) is 2. The summed E-state index contributed by atoms with van der Waals surface area (Å²) in [6, 6.07) is 9.84. The number of rotatable bonds is 2. The summed E-state index contributed by atoms with van der Waals surface area (Å²) in [5, 5.41) is 3.62. The molecule has 0 heterocycles. The molecule has 3 N–H and O–H groups in total. The number of carbonyl (C=O) groups excluding carboxylic acids is 1. The zero-order valence-electron chi connectivity index (χ0n) is 9.58. The highest BCUT2D eigenvalue weighted by molar-refractivity contribution is 9.10. The third-order valence-electron chi connectivity index (χ3n) is 2.36. The Morgan fingerprint density at radius 1 is 1.11 bits per heavy atom. The number of hydrogen-bond donors (Lipinski definition) is 2. The maximum atomic E-state index is 12.1. The molecule has 2 aromatic rings. The van der Waals surface area contributed by atoms with Gasteiger partial charge in [-0.1, -0.05) is 23.2 Å². The third-order valence-corrected chi connectivity index (χ3v) is 3.48. The second-order valence-electron chi connectivity index (χ2n) is 3.85. The molecule has 98 valence electrons. The molecule has 0 radical (unpaired) electrons. The topological polar surface area (TPSA) is 55.1 Å². The molecule has 0 aliphatic rings. The highest BCUT2D eigenvalue weighted by Crippen LogP contribution is 2.25. The van der Waals surface area contributed by atoms with E-state index in [0.717, 1.165) is 0 Å². The number of nitrogens with one attached hydrogen (secondary N) is 1. The van der Waals surface area contributed by atoms with Gasteiger partial charge in [-0.05, 0) is 52.3 Å². The lowest BCUT2D eigenvalue weighted by atomic mass is 10.2. The summed E-state index contributed by atoms with van der Waals surface area (Å²) in [5.74, 6) is -0.294. The quantitative estimate of drug-likeness (QED) is 0.770. The summed E-state index contributed by atoms with van der Waals surface area (Å²) in [4.78, 5) is 12.1. The number of nitrogens with two attached hydrogens (primary N) is 1. The normalized spacial score (nSPS) is 10.3. The lowest BCUT2D eigenvalue weighted by Gasteiger charge is -2.08. The van der Waals surface area contributed by atoms with Crippen molar-refractivity contribution in [1.29, 1.82) is 0 Å². The molecule has 0 saturated heterocycles. The van der Waals surface area contributed by atoms with Crippen LogP contribution in [-0.2, 0) is 0 Å². The van der Waals surface area contributed by atoms with Crippen molar-refractivity contribution in [3.8, 4) is 0 Å². The van der Waals surface area contributed by atoms with Gasteiger partial charge >= 0.3 is 0 Å². The van der Waals surface area contributed by atoms with Crippen LogP contribution in [0.1, 0.15) is 10.4 Å². The number of halogens is 3. The van der Waals surface area contributed by atoms with Gasteiger partial charge in [0.15, 0.2) is 0 Å². The standard InChI is InChI=1S/C13H9BrCl2N2O/c14-12-2-1-9(17)6-11(12)13(19)18-10-4-7(15)3-8(16)5-10/h1-6H,17H2,(H,18,19). The minimum absolute atomic E-state index is 0.294. The van der Waals surface area contributed by atoms with Crippen molar-refractivity contribution in [3.05, 3.63) is 56.5 Å². The van der Waals surface area contributed by atoms with Crippen molar-refractivity contribution >= 4 is 56.4 Å². The van der Waals surface area contributed by atoms with Gasteiger partial charge in [0.2, 0.25) is 0 Å². The molecule has 0 unspecified atom stereocenters. The van der Waals surface area contributed by atoms with E-state index in [4.69, 9.17) is 28.9 Å². The van der Waals surface area contributed by atoms with Crippen molar-refractivity contribution in [2.75, 3.05) is 11.1 Å². The van der Waals surface area contributed by atoms with Gasteiger partial charge in [0, 0.05) is 25.9 Å². The zero-order valence-corrected chi connectivity index (χ0v) is 12.7. The fourth-order valence-corrected chi connectivity index (χ4v) is 2.49. The van der Waals surface area contributed by atoms with Crippen LogP contribution in [0.3, 0.4) is 0 Å². The molecule has 2 aromatic carbocycles. The number of anilines is 2. The van der Waals surface area contributed by atoms with E-state index < -0.39 is 0 Å². The molecule has 0 aliphatic heterocycles. The van der Waals surface area contributed by atoms with Crippen molar-refractivity contribution in [1.82, 2.24) is 0 Å². The van der Waals surface area contributed by atoms with Crippen LogP contribution in [-0.4, -0.2) is 5.91 Å². The van der Waals surface area contributed by atoms with Crippen molar-refractivity contribution in [3.63, 3.8) is 0 Å². The Labute approximate surface area is 128 Å². The van der Waals surface area contributed by atoms with Gasteiger partial charge in [-0.25, -0.2) is 0 Å². The van der Waals surface area contributed by atoms with Crippen LogP contribution in [0.4, 0.5) is 11.4 Å². The first-order chi connectivity index (χ1) is 8.95. The van der Waals surface area contributed by atoms with Crippen LogP contribution in [0.25, 0.3) is 0 Å². The molecule has 0 saturated carbocycles. The maximum Gasteiger partial charge on any atom is 0.256 e. The van der Waals surface area contributed by atoms with E-state index in [2.05, 4.69) is 21.2 Å².